The third-order valence-electron chi connectivity index (χ3n) is 11.3. The fourth-order valence-corrected chi connectivity index (χ4v) is 8.47. The molecule has 0 unspecified atom stereocenters. The van der Waals surface area contributed by atoms with Crippen molar-refractivity contribution in [3.63, 3.8) is 0 Å². The molecule has 0 N–H and O–H groups in total. The Morgan fingerprint density at radius 3 is 1.52 bits per heavy atom. The number of aromatic nitrogens is 4. The van der Waals surface area contributed by atoms with Crippen LogP contribution < -0.4 is 11.1 Å². The van der Waals surface area contributed by atoms with Gasteiger partial charge < -0.3 is 28.1 Å². The Kier molecular flexibility index (Phi) is 6.64. The van der Waals surface area contributed by atoms with Gasteiger partial charge in [-0.05, 0) is 49.2 Å². The fraction of sp³-hybridized carbons (Fsp3) is 0.244. The van der Waals surface area contributed by atoms with Crippen molar-refractivity contribution in [3.8, 4) is 22.8 Å². The summed E-state index contributed by atoms with van der Waals surface area (Å²) in [5.41, 5.74) is 0.820. The third kappa shape index (κ3) is 4.23. The van der Waals surface area contributed by atoms with Crippen LogP contribution in [0.25, 0.3) is 44.6 Å². The summed E-state index contributed by atoms with van der Waals surface area (Å²) in [7, 11) is 0. The number of rotatable bonds is 4. The highest BCUT2D eigenvalue weighted by molar-refractivity contribution is 5.90. The highest BCUT2D eigenvalue weighted by Gasteiger charge is 2.55. The van der Waals surface area contributed by atoms with Gasteiger partial charge in [0.15, 0.2) is 0 Å². The molecule has 8 heterocycles. The number of hydrogen-bond acceptors (Lipinski definition) is 11. The number of pyridine rings is 4. The number of cyclic esters (lactones) is 2. The summed E-state index contributed by atoms with van der Waals surface area (Å²) in [5, 5.41) is 1.84. The molecule has 0 amide bonds. The number of para-hydroxylation sites is 2. The number of hydrogen-bond donors (Lipinski definition) is 0. The number of nitrogens with zero attached hydrogens (tertiary/aromatic N) is 4. The maximum absolute atomic E-state index is 14.1. The SMILES string of the molecule is CC[C@@]1(OC(=O)O[C@]2(CC)C(=O)OCc3c2cc2n(c3=O)Cc3cc4ccccc4nc3-2)C(=O)OCc2c1cc1n(c2=O)Cc2cc3ccccc3nc2-1. The van der Waals surface area contributed by atoms with Gasteiger partial charge in [0.25, 0.3) is 11.1 Å². The molecule has 0 radical (unpaired) electrons. The van der Waals surface area contributed by atoms with Crippen molar-refractivity contribution >= 4 is 39.9 Å². The summed E-state index contributed by atoms with van der Waals surface area (Å²) < 4.78 is 26.0. The number of benzene rings is 2. The molecule has 2 atom stereocenters. The molecule has 4 aliphatic heterocycles. The summed E-state index contributed by atoms with van der Waals surface area (Å²) in [5.74, 6) is -1.79. The Hall–Kier alpha value is -6.63. The summed E-state index contributed by atoms with van der Waals surface area (Å²) in [6, 6.07) is 22.5. The van der Waals surface area contributed by atoms with Crippen LogP contribution in [-0.4, -0.2) is 37.2 Å². The first kappa shape index (κ1) is 32.1. The smallest absolute Gasteiger partial charge is 0.457 e. The molecule has 54 heavy (non-hydrogen) atoms. The average molecular weight is 723 g/mol. The molecular formula is C41H30N4O9. The van der Waals surface area contributed by atoms with Crippen LogP contribution in [0.1, 0.15) is 60.1 Å². The maximum Gasteiger partial charge on any atom is 0.511 e. The van der Waals surface area contributed by atoms with E-state index in [9.17, 15) is 24.0 Å². The van der Waals surface area contributed by atoms with E-state index in [4.69, 9.17) is 28.9 Å². The van der Waals surface area contributed by atoms with E-state index in [1.165, 1.54) is 0 Å². The number of esters is 2. The third-order valence-corrected chi connectivity index (χ3v) is 11.3. The molecule has 13 heteroatoms. The molecule has 4 aromatic heterocycles. The van der Waals surface area contributed by atoms with Crippen LogP contribution in [0.5, 0.6) is 0 Å². The molecule has 4 aliphatic rings. The van der Waals surface area contributed by atoms with E-state index >= 15 is 0 Å². The molecule has 0 aliphatic carbocycles. The number of carbonyl (C=O) groups excluding carboxylic acids is 3. The molecule has 0 fully saturated rings. The van der Waals surface area contributed by atoms with Gasteiger partial charge in [-0.2, -0.15) is 0 Å². The van der Waals surface area contributed by atoms with E-state index in [1.54, 1.807) is 35.1 Å². The zero-order valence-corrected chi connectivity index (χ0v) is 29.1. The second-order valence-corrected chi connectivity index (χ2v) is 14.0. The first-order valence-electron chi connectivity index (χ1n) is 17.7. The molecule has 0 spiro atoms. The van der Waals surface area contributed by atoms with Crippen molar-refractivity contribution in [2.45, 2.75) is 64.2 Å². The molecule has 0 saturated carbocycles. The van der Waals surface area contributed by atoms with E-state index in [0.29, 0.717) is 22.8 Å². The predicted octanol–water partition coefficient (Wildman–Crippen LogP) is 5.34. The summed E-state index contributed by atoms with van der Waals surface area (Å²) in [4.78, 5) is 79.3. The monoisotopic (exact) mass is 722 g/mol. The average Bonchev–Trinajstić information content (AvgIpc) is 3.73. The first-order chi connectivity index (χ1) is 26.2. The largest absolute Gasteiger partial charge is 0.511 e. The Morgan fingerprint density at radius 2 is 1.09 bits per heavy atom. The Labute approximate surface area is 305 Å². The van der Waals surface area contributed by atoms with Crippen LogP contribution in [0.15, 0.2) is 82.4 Å². The first-order valence-corrected chi connectivity index (χ1v) is 17.7. The lowest BCUT2D eigenvalue weighted by molar-refractivity contribution is -0.187. The lowest BCUT2D eigenvalue weighted by atomic mass is 9.85. The molecule has 10 rings (SSSR count). The van der Waals surface area contributed by atoms with Gasteiger partial charge in [0, 0.05) is 33.0 Å². The number of ether oxygens (including phenoxy) is 4. The van der Waals surface area contributed by atoms with E-state index in [1.807, 2.05) is 60.7 Å². The van der Waals surface area contributed by atoms with Crippen LogP contribution in [-0.2, 0) is 66.0 Å². The Morgan fingerprint density at radius 1 is 0.667 bits per heavy atom. The normalized spacial score (nSPS) is 20.3. The van der Waals surface area contributed by atoms with Crippen molar-refractivity contribution < 1.29 is 33.3 Å². The van der Waals surface area contributed by atoms with E-state index in [0.717, 1.165) is 32.9 Å². The van der Waals surface area contributed by atoms with Crippen LogP contribution >= 0.6 is 0 Å². The lowest BCUT2D eigenvalue weighted by Crippen LogP contribution is -2.51. The molecule has 0 bridgehead atoms. The summed E-state index contributed by atoms with van der Waals surface area (Å²) >= 11 is 0. The van der Waals surface area contributed by atoms with E-state index in [-0.39, 0.29) is 61.4 Å². The van der Waals surface area contributed by atoms with Gasteiger partial charge >= 0.3 is 18.1 Å². The molecule has 268 valence electrons. The van der Waals surface area contributed by atoms with Crippen LogP contribution in [0.2, 0.25) is 0 Å². The van der Waals surface area contributed by atoms with Gasteiger partial charge in [0.2, 0.25) is 11.2 Å². The fourth-order valence-electron chi connectivity index (χ4n) is 8.47. The minimum absolute atomic E-state index is 0.125. The minimum atomic E-state index is -2.10. The van der Waals surface area contributed by atoms with Crippen LogP contribution in [0.3, 0.4) is 0 Å². The molecule has 0 saturated heterocycles. The van der Waals surface area contributed by atoms with Crippen molar-refractivity contribution in [1.82, 2.24) is 19.1 Å². The second-order valence-electron chi connectivity index (χ2n) is 14.0. The minimum Gasteiger partial charge on any atom is -0.457 e. The molecule has 6 aromatic rings. The van der Waals surface area contributed by atoms with Gasteiger partial charge in [-0.3, -0.25) is 9.59 Å². The summed E-state index contributed by atoms with van der Waals surface area (Å²) in [6.45, 7) is 3.13. The standard InChI is InChI=1S/C41H30N4O9/c1-3-40(27-15-31-33-23(13-21-9-5-7-11-29(21)42-33)17-44(31)35(46)25(27)19-51-37(40)48)53-39(50)54-41(4-2)28-16-32-34-24(14-22-10-6-8-12-30(22)43-34)18-45(32)36(47)26(28)20-52-38(41)49/h5-16H,3-4,17-20H2,1-2H3/t40-,41-/m0/s1. The zero-order chi connectivity index (χ0) is 37.1. The van der Waals surface area contributed by atoms with Crippen molar-refractivity contribution in [2.75, 3.05) is 0 Å². The quantitative estimate of drug-likeness (QED) is 0.171. The number of carbonyl (C=O) groups is 3. The molecule has 2 aromatic carbocycles. The van der Waals surface area contributed by atoms with Gasteiger partial charge in [-0.1, -0.05) is 50.2 Å². The Bertz CT molecular complexity index is 2650. The molecular weight excluding hydrogens is 692 g/mol. The topological polar surface area (TPSA) is 158 Å². The van der Waals surface area contributed by atoms with Crippen LogP contribution in [0.4, 0.5) is 4.79 Å². The van der Waals surface area contributed by atoms with Gasteiger partial charge in [-0.25, -0.2) is 24.4 Å². The maximum atomic E-state index is 14.1. The molecule has 13 nitrogen and oxygen atoms in total. The zero-order valence-electron chi connectivity index (χ0n) is 29.1. The van der Waals surface area contributed by atoms with Crippen molar-refractivity contribution in [3.05, 3.63) is 127 Å². The highest BCUT2D eigenvalue weighted by atomic mass is 16.8. The van der Waals surface area contributed by atoms with Crippen molar-refractivity contribution in [2.24, 2.45) is 0 Å². The highest BCUT2D eigenvalue weighted by Crippen LogP contribution is 2.44. The second kappa shape index (κ2) is 11.2. The van der Waals surface area contributed by atoms with Crippen LogP contribution in [0, 0.1) is 0 Å². The van der Waals surface area contributed by atoms with Gasteiger partial charge in [0.05, 0.1) is 58.0 Å². The predicted molar refractivity (Wildman–Crippen MR) is 192 cm³/mol. The van der Waals surface area contributed by atoms with Crippen molar-refractivity contribution in [1.29, 1.82) is 0 Å². The van der Waals surface area contributed by atoms with Gasteiger partial charge in [-0.15, -0.1) is 0 Å². The Balaban J connectivity index is 1.06. The van der Waals surface area contributed by atoms with E-state index < -0.39 is 40.4 Å². The number of fused-ring (bicyclic) bond motifs is 10. The van der Waals surface area contributed by atoms with Gasteiger partial charge in [0.1, 0.15) is 13.2 Å². The summed E-state index contributed by atoms with van der Waals surface area (Å²) in [6.07, 6.45) is -1.64. The van der Waals surface area contributed by atoms with E-state index in [2.05, 4.69) is 0 Å². The lowest BCUT2D eigenvalue weighted by Gasteiger charge is -2.38.